The maximum atomic E-state index is 13.8. The molecule has 1 fully saturated rings. The molecule has 2 N–H and O–H groups in total. The standard InChI is InChI=1S/C12H12FN3O2/c13-9-5-8(6-14)1-2-10(9)16-3-4-18-11(7-16)12(15)17/h1-2,5,11H,3-4,7H2,(H2,15,17). The molecule has 0 saturated carbocycles. The maximum Gasteiger partial charge on any atom is 0.248 e. The zero-order valence-electron chi connectivity index (χ0n) is 9.60. The molecule has 1 atom stereocenters. The van der Waals surface area contributed by atoms with Gasteiger partial charge in [0.1, 0.15) is 5.82 Å². The SMILES string of the molecule is N#Cc1ccc(N2CCOC(C(N)=O)C2)c(F)c1. The number of carbonyl (C=O) groups is 1. The van der Waals surface area contributed by atoms with Crippen molar-refractivity contribution in [1.29, 1.82) is 5.26 Å². The number of nitrogens with two attached hydrogens (primary N) is 1. The van der Waals surface area contributed by atoms with Gasteiger partial charge in [-0.25, -0.2) is 4.39 Å². The lowest BCUT2D eigenvalue weighted by atomic mass is 10.1. The van der Waals surface area contributed by atoms with Crippen LogP contribution in [0.4, 0.5) is 10.1 Å². The average molecular weight is 249 g/mol. The summed E-state index contributed by atoms with van der Waals surface area (Å²) in [6.07, 6.45) is -0.728. The van der Waals surface area contributed by atoms with E-state index in [2.05, 4.69) is 0 Å². The van der Waals surface area contributed by atoms with Crippen molar-refractivity contribution >= 4 is 11.6 Å². The lowest BCUT2D eigenvalue weighted by Gasteiger charge is -2.33. The number of anilines is 1. The molecule has 1 heterocycles. The van der Waals surface area contributed by atoms with Crippen molar-refractivity contribution in [3.8, 4) is 6.07 Å². The number of carbonyl (C=O) groups excluding carboxylic acids is 1. The molecular formula is C12H12FN3O2. The average Bonchev–Trinajstić information content (AvgIpc) is 2.38. The zero-order valence-corrected chi connectivity index (χ0v) is 9.60. The Hall–Kier alpha value is -2.13. The molecule has 0 spiro atoms. The van der Waals surface area contributed by atoms with E-state index >= 15 is 0 Å². The third kappa shape index (κ3) is 2.41. The molecule has 1 aliphatic heterocycles. The van der Waals surface area contributed by atoms with Crippen LogP contribution in [0.2, 0.25) is 0 Å². The van der Waals surface area contributed by atoms with E-state index < -0.39 is 17.8 Å². The molecule has 1 aromatic rings. The van der Waals surface area contributed by atoms with Crippen LogP contribution in [0.15, 0.2) is 18.2 Å². The Morgan fingerprint density at radius 1 is 1.61 bits per heavy atom. The summed E-state index contributed by atoms with van der Waals surface area (Å²) in [7, 11) is 0. The smallest absolute Gasteiger partial charge is 0.248 e. The van der Waals surface area contributed by atoms with E-state index in [0.29, 0.717) is 18.8 Å². The number of primary amides is 1. The number of ether oxygens (including phenoxy) is 1. The molecule has 1 unspecified atom stereocenters. The molecule has 0 aromatic heterocycles. The third-order valence-electron chi connectivity index (χ3n) is 2.80. The lowest BCUT2D eigenvalue weighted by Crippen LogP contribution is -2.48. The van der Waals surface area contributed by atoms with Crippen molar-refractivity contribution in [3.05, 3.63) is 29.6 Å². The summed E-state index contributed by atoms with van der Waals surface area (Å²) in [5, 5.41) is 8.67. The minimum atomic E-state index is -0.728. The largest absolute Gasteiger partial charge is 0.367 e. The number of nitrogens with zero attached hydrogens (tertiary/aromatic N) is 2. The Bertz CT molecular complexity index is 513. The van der Waals surface area contributed by atoms with Crippen LogP contribution in [0.1, 0.15) is 5.56 Å². The number of nitriles is 1. The number of morpholine rings is 1. The molecule has 94 valence electrons. The summed E-state index contributed by atoms with van der Waals surface area (Å²) in [6, 6.07) is 6.10. The molecule has 5 nitrogen and oxygen atoms in total. The first-order chi connectivity index (χ1) is 8.61. The van der Waals surface area contributed by atoms with Crippen LogP contribution in [0, 0.1) is 17.1 Å². The van der Waals surface area contributed by atoms with Gasteiger partial charge in [-0.3, -0.25) is 4.79 Å². The van der Waals surface area contributed by atoms with E-state index in [9.17, 15) is 9.18 Å². The van der Waals surface area contributed by atoms with Gasteiger partial charge in [-0.15, -0.1) is 0 Å². The van der Waals surface area contributed by atoms with Crippen LogP contribution >= 0.6 is 0 Å². The molecule has 0 radical (unpaired) electrons. The van der Waals surface area contributed by atoms with E-state index in [1.54, 1.807) is 4.90 Å². The highest BCUT2D eigenvalue weighted by molar-refractivity contribution is 5.79. The molecule has 0 bridgehead atoms. The summed E-state index contributed by atoms with van der Waals surface area (Å²) in [4.78, 5) is 12.7. The fraction of sp³-hybridized carbons (Fsp3) is 0.333. The Kier molecular flexibility index (Phi) is 3.44. The van der Waals surface area contributed by atoms with Crippen molar-refractivity contribution in [2.45, 2.75) is 6.10 Å². The fourth-order valence-corrected chi connectivity index (χ4v) is 1.87. The molecular weight excluding hydrogens is 237 g/mol. The van der Waals surface area contributed by atoms with Gasteiger partial charge in [0.2, 0.25) is 5.91 Å². The second-order valence-electron chi connectivity index (χ2n) is 3.99. The van der Waals surface area contributed by atoms with Gasteiger partial charge in [0.25, 0.3) is 0 Å². The number of halogens is 1. The number of hydrogen-bond donors (Lipinski definition) is 1. The van der Waals surface area contributed by atoms with E-state index in [1.165, 1.54) is 18.2 Å². The monoisotopic (exact) mass is 249 g/mol. The third-order valence-corrected chi connectivity index (χ3v) is 2.80. The number of amides is 1. The van der Waals surface area contributed by atoms with Crippen LogP contribution in [0.25, 0.3) is 0 Å². The fourth-order valence-electron chi connectivity index (χ4n) is 1.87. The summed E-state index contributed by atoms with van der Waals surface area (Å²) in [5.74, 6) is -1.05. The minimum absolute atomic E-state index is 0.220. The molecule has 1 amide bonds. The first-order valence-corrected chi connectivity index (χ1v) is 5.47. The summed E-state index contributed by atoms with van der Waals surface area (Å²) >= 11 is 0. The van der Waals surface area contributed by atoms with Gasteiger partial charge in [0, 0.05) is 6.54 Å². The number of hydrogen-bond acceptors (Lipinski definition) is 4. The van der Waals surface area contributed by atoms with Crippen LogP contribution in [0.3, 0.4) is 0 Å². The minimum Gasteiger partial charge on any atom is -0.367 e. The normalized spacial score (nSPS) is 19.3. The number of rotatable bonds is 2. The van der Waals surface area contributed by atoms with Gasteiger partial charge in [-0.05, 0) is 18.2 Å². The van der Waals surface area contributed by atoms with Gasteiger partial charge >= 0.3 is 0 Å². The quantitative estimate of drug-likeness (QED) is 0.822. The summed E-state index contributed by atoms with van der Waals surface area (Å²) in [6.45, 7) is 1.01. The van der Waals surface area contributed by atoms with Crippen LogP contribution in [0.5, 0.6) is 0 Å². The molecule has 1 saturated heterocycles. The van der Waals surface area contributed by atoms with E-state index in [4.69, 9.17) is 15.7 Å². The first-order valence-electron chi connectivity index (χ1n) is 5.47. The highest BCUT2D eigenvalue weighted by Crippen LogP contribution is 2.22. The highest BCUT2D eigenvalue weighted by Gasteiger charge is 2.26. The molecule has 18 heavy (non-hydrogen) atoms. The van der Waals surface area contributed by atoms with Gasteiger partial charge in [-0.1, -0.05) is 0 Å². The van der Waals surface area contributed by atoms with E-state index in [1.807, 2.05) is 6.07 Å². The van der Waals surface area contributed by atoms with E-state index in [-0.39, 0.29) is 12.1 Å². The molecule has 0 aliphatic carbocycles. The van der Waals surface area contributed by atoms with Gasteiger partial charge in [0.15, 0.2) is 6.10 Å². The first kappa shape index (κ1) is 12.3. The van der Waals surface area contributed by atoms with Crippen molar-refractivity contribution in [2.75, 3.05) is 24.6 Å². The predicted molar refractivity (Wildman–Crippen MR) is 62.3 cm³/mol. The van der Waals surface area contributed by atoms with E-state index in [0.717, 1.165) is 0 Å². The Morgan fingerprint density at radius 2 is 2.39 bits per heavy atom. The van der Waals surface area contributed by atoms with Gasteiger partial charge in [-0.2, -0.15) is 5.26 Å². The summed E-state index contributed by atoms with van der Waals surface area (Å²) < 4.78 is 19.0. The van der Waals surface area contributed by atoms with Crippen molar-refractivity contribution in [2.24, 2.45) is 5.73 Å². The zero-order chi connectivity index (χ0) is 13.1. The maximum absolute atomic E-state index is 13.8. The second kappa shape index (κ2) is 5.02. The Labute approximate surface area is 104 Å². The van der Waals surface area contributed by atoms with Crippen molar-refractivity contribution in [3.63, 3.8) is 0 Å². The van der Waals surface area contributed by atoms with Crippen LogP contribution in [-0.2, 0) is 9.53 Å². The van der Waals surface area contributed by atoms with Gasteiger partial charge < -0.3 is 15.4 Å². The molecule has 6 heteroatoms. The van der Waals surface area contributed by atoms with Crippen LogP contribution in [-0.4, -0.2) is 31.7 Å². The molecule has 1 aliphatic rings. The highest BCUT2D eigenvalue weighted by atomic mass is 19.1. The Morgan fingerprint density at radius 3 is 3.00 bits per heavy atom. The molecule has 2 rings (SSSR count). The van der Waals surface area contributed by atoms with Gasteiger partial charge in [0.05, 0.1) is 30.5 Å². The number of benzene rings is 1. The van der Waals surface area contributed by atoms with Crippen LogP contribution < -0.4 is 10.6 Å². The van der Waals surface area contributed by atoms with Crippen molar-refractivity contribution in [1.82, 2.24) is 0 Å². The lowest BCUT2D eigenvalue weighted by molar-refractivity contribution is -0.130. The summed E-state index contributed by atoms with van der Waals surface area (Å²) in [5.41, 5.74) is 5.77. The Balaban J connectivity index is 2.21. The topological polar surface area (TPSA) is 79.3 Å². The van der Waals surface area contributed by atoms with Crippen molar-refractivity contribution < 1.29 is 13.9 Å². The predicted octanol–water partition coefficient (Wildman–Crippen LogP) is 0.388. The molecule has 1 aromatic carbocycles. The second-order valence-corrected chi connectivity index (χ2v) is 3.99.